The highest BCUT2D eigenvalue weighted by atomic mass is 35.5. The molecule has 1 aliphatic rings. The normalized spacial score (nSPS) is 13.7. The molecule has 1 heterocycles. The molecule has 1 N–H and O–H groups in total. The molecule has 0 atom stereocenters. The highest BCUT2D eigenvalue weighted by Crippen LogP contribution is 2.32. The number of carbonyl (C=O) groups excluding carboxylic acids is 1. The molecule has 0 unspecified atom stereocenters. The van der Waals surface area contributed by atoms with Gasteiger partial charge in [0.15, 0.2) is 0 Å². The lowest BCUT2D eigenvalue weighted by Crippen LogP contribution is -2.39. The zero-order chi connectivity index (χ0) is 26.3. The van der Waals surface area contributed by atoms with Gasteiger partial charge in [-0.25, -0.2) is 13.8 Å². The molecule has 11 heteroatoms. The number of nitrogens with one attached hydrogen (secondary N) is 1. The number of sulfonamides is 1. The van der Waals surface area contributed by atoms with Crippen molar-refractivity contribution in [1.29, 1.82) is 0 Å². The Hall–Kier alpha value is -3.21. The second kappa shape index (κ2) is 12.4. The summed E-state index contributed by atoms with van der Waals surface area (Å²) in [5.41, 5.74) is 3.40. The minimum absolute atomic E-state index is 0.0118. The van der Waals surface area contributed by atoms with Crippen LogP contribution in [0.4, 0.5) is 5.69 Å². The molecular formula is C26H26ClN3O5S2. The van der Waals surface area contributed by atoms with Crippen LogP contribution in [0.25, 0.3) is 0 Å². The minimum Gasteiger partial charge on any atom is -0.492 e. The predicted octanol–water partition coefficient (Wildman–Crippen LogP) is 4.58. The first kappa shape index (κ1) is 26.8. The minimum atomic E-state index is -4.13. The summed E-state index contributed by atoms with van der Waals surface area (Å²) < 4.78 is 39.6. The number of amides is 1. The second-order valence-corrected chi connectivity index (χ2v) is 11.4. The van der Waals surface area contributed by atoms with Crippen LogP contribution in [0.3, 0.4) is 0 Å². The van der Waals surface area contributed by atoms with Gasteiger partial charge in [0.05, 0.1) is 23.4 Å². The van der Waals surface area contributed by atoms with Crippen LogP contribution in [0.2, 0.25) is 5.02 Å². The smallest absolute Gasteiger partial charge is 0.264 e. The van der Waals surface area contributed by atoms with Gasteiger partial charge in [0.1, 0.15) is 24.1 Å². The summed E-state index contributed by atoms with van der Waals surface area (Å²) in [6.07, 6.45) is 1.73. The van der Waals surface area contributed by atoms with Crippen molar-refractivity contribution in [1.82, 2.24) is 5.43 Å². The molecule has 3 aromatic carbocycles. The van der Waals surface area contributed by atoms with Gasteiger partial charge in [-0.1, -0.05) is 23.7 Å². The zero-order valence-electron chi connectivity index (χ0n) is 20.0. The van der Waals surface area contributed by atoms with Crippen molar-refractivity contribution in [2.24, 2.45) is 5.10 Å². The average molecular weight is 560 g/mol. The van der Waals surface area contributed by atoms with Gasteiger partial charge in [-0.2, -0.15) is 16.9 Å². The third-order valence-corrected chi connectivity index (χ3v) is 8.56. The standard InChI is InChI=1S/C26H26ClN3O5S2/c1-2-34-25-6-4-3-5-24(25)30(37(32,33)23-13-9-20(27)10-14-23)16-26(31)29-28-15-19-7-11-21(12-8-19)35-22-17-36-18-22/h3-15,22H,2,16-18H2,1H3,(H,29,31)/b28-15-. The molecule has 194 valence electrons. The van der Waals surface area contributed by atoms with E-state index in [4.69, 9.17) is 21.1 Å². The third kappa shape index (κ3) is 6.97. The first-order chi connectivity index (χ1) is 17.9. The van der Waals surface area contributed by atoms with Crippen LogP contribution in [0, 0.1) is 0 Å². The molecule has 0 spiro atoms. The van der Waals surface area contributed by atoms with Crippen LogP contribution in [0.1, 0.15) is 12.5 Å². The van der Waals surface area contributed by atoms with E-state index in [-0.39, 0.29) is 16.7 Å². The number of hydrogen-bond acceptors (Lipinski definition) is 7. The third-order valence-electron chi connectivity index (χ3n) is 5.32. The van der Waals surface area contributed by atoms with Crippen molar-refractivity contribution >= 4 is 51.2 Å². The van der Waals surface area contributed by atoms with Gasteiger partial charge in [0.2, 0.25) is 0 Å². The van der Waals surface area contributed by atoms with Gasteiger partial charge < -0.3 is 9.47 Å². The van der Waals surface area contributed by atoms with E-state index in [1.54, 1.807) is 31.2 Å². The Labute approximate surface area is 225 Å². The summed E-state index contributed by atoms with van der Waals surface area (Å²) in [5, 5.41) is 4.39. The monoisotopic (exact) mass is 559 g/mol. The molecule has 1 saturated heterocycles. The Morgan fingerprint density at radius 1 is 1.11 bits per heavy atom. The van der Waals surface area contributed by atoms with Gasteiger partial charge in [0.25, 0.3) is 15.9 Å². The highest BCUT2D eigenvalue weighted by molar-refractivity contribution is 8.00. The first-order valence-corrected chi connectivity index (χ1v) is 14.5. The van der Waals surface area contributed by atoms with Crippen LogP contribution < -0.4 is 19.2 Å². The van der Waals surface area contributed by atoms with Crippen LogP contribution >= 0.6 is 23.4 Å². The zero-order valence-corrected chi connectivity index (χ0v) is 22.4. The SMILES string of the molecule is CCOc1ccccc1N(CC(=O)N/N=C\c1ccc(OC2CSC2)cc1)S(=O)(=O)c1ccc(Cl)cc1. The van der Waals surface area contributed by atoms with Gasteiger partial charge >= 0.3 is 0 Å². The molecule has 1 amide bonds. The summed E-state index contributed by atoms with van der Waals surface area (Å²) in [6.45, 7) is 1.60. The first-order valence-electron chi connectivity index (χ1n) is 11.5. The fraction of sp³-hybridized carbons (Fsp3) is 0.231. The van der Waals surface area contributed by atoms with Crippen molar-refractivity contribution in [3.8, 4) is 11.5 Å². The molecule has 0 radical (unpaired) electrons. The number of halogens is 1. The van der Waals surface area contributed by atoms with E-state index in [1.807, 2.05) is 36.0 Å². The molecule has 3 aromatic rings. The summed E-state index contributed by atoms with van der Waals surface area (Å²) in [6, 6.07) is 19.7. The number of thioether (sulfide) groups is 1. The Morgan fingerprint density at radius 2 is 1.81 bits per heavy atom. The lowest BCUT2D eigenvalue weighted by Gasteiger charge is -2.25. The molecule has 37 heavy (non-hydrogen) atoms. The van der Waals surface area contributed by atoms with E-state index < -0.39 is 22.5 Å². The lowest BCUT2D eigenvalue weighted by molar-refractivity contribution is -0.119. The second-order valence-electron chi connectivity index (χ2n) is 8.01. The van der Waals surface area contributed by atoms with Crippen LogP contribution in [-0.2, 0) is 14.8 Å². The van der Waals surface area contributed by atoms with E-state index in [0.29, 0.717) is 17.4 Å². The van der Waals surface area contributed by atoms with Gasteiger partial charge in [-0.3, -0.25) is 9.10 Å². The van der Waals surface area contributed by atoms with Crippen molar-refractivity contribution in [2.45, 2.75) is 17.9 Å². The Kier molecular flexibility index (Phi) is 8.96. The molecule has 0 saturated carbocycles. The average Bonchev–Trinajstić information content (AvgIpc) is 2.86. The number of anilines is 1. The molecular weight excluding hydrogens is 534 g/mol. The number of carbonyl (C=O) groups is 1. The summed E-state index contributed by atoms with van der Waals surface area (Å²) in [7, 11) is -4.13. The number of para-hydroxylation sites is 2. The van der Waals surface area contributed by atoms with E-state index in [0.717, 1.165) is 27.1 Å². The van der Waals surface area contributed by atoms with Crippen molar-refractivity contribution in [3.05, 3.63) is 83.4 Å². The summed E-state index contributed by atoms with van der Waals surface area (Å²) in [5.74, 6) is 2.48. The highest BCUT2D eigenvalue weighted by Gasteiger charge is 2.29. The van der Waals surface area contributed by atoms with Crippen LogP contribution in [-0.4, -0.2) is 51.3 Å². The lowest BCUT2D eigenvalue weighted by atomic mass is 10.2. The molecule has 1 fully saturated rings. The van der Waals surface area contributed by atoms with E-state index in [1.165, 1.54) is 30.5 Å². The maximum absolute atomic E-state index is 13.6. The molecule has 4 rings (SSSR count). The topological polar surface area (TPSA) is 97.3 Å². The van der Waals surface area contributed by atoms with Gasteiger partial charge in [-0.05, 0) is 73.2 Å². The Bertz CT molecular complexity index is 1350. The van der Waals surface area contributed by atoms with Gasteiger partial charge in [-0.15, -0.1) is 0 Å². The summed E-state index contributed by atoms with van der Waals surface area (Å²) in [4.78, 5) is 12.8. The number of benzene rings is 3. The number of nitrogens with zero attached hydrogens (tertiary/aromatic N) is 2. The molecule has 0 aromatic heterocycles. The molecule has 1 aliphatic heterocycles. The van der Waals surface area contributed by atoms with Crippen LogP contribution in [0.15, 0.2) is 82.8 Å². The fourth-order valence-corrected chi connectivity index (χ4v) is 5.55. The number of ether oxygens (including phenoxy) is 2. The summed E-state index contributed by atoms with van der Waals surface area (Å²) >= 11 is 7.79. The fourth-order valence-electron chi connectivity index (χ4n) is 3.43. The quantitative estimate of drug-likeness (QED) is 0.273. The van der Waals surface area contributed by atoms with Crippen molar-refractivity contribution < 1.29 is 22.7 Å². The van der Waals surface area contributed by atoms with E-state index in [2.05, 4.69) is 10.5 Å². The number of hydrogen-bond donors (Lipinski definition) is 1. The van der Waals surface area contributed by atoms with Crippen molar-refractivity contribution in [3.63, 3.8) is 0 Å². The Balaban J connectivity index is 1.50. The van der Waals surface area contributed by atoms with Crippen molar-refractivity contribution in [2.75, 3.05) is 29.0 Å². The molecule has 0 aliphatic carbocycles. The Morgan fingerprint density at radius 3 is 2.46 bits per heavy atom. The van der Waals surface area contributed by atoms with E-state index in [9.17, 15) is 13.2 Å². The number of rotatable bonds is 11. The largest absolute Gasteiger partial charge is 0.492 e. The van der Waals surface area contributed by atoms with Crippen LogP contribution in [0.5, 0.6) is 11.5 Å². The molecule has 8 nitrogen and oxygen atoms in total. The maximum atomic E-state index is 13.6. The van der Waals surface area contributed by atoms with Gasteiger partial charge in [0, 0.05) is 16.5 Å². The maximum Gasteiger partial charge on any atom is 0.264 e. The molecule has 0 bridgehead atoms. The predicted molar refractivity (Wildman–Crippen MR) is 148 cm³/mol. The van der Waals surface area contributed by atoms with E-state index >= 15 is 0 Å². The number of hydrazone groups is 1.